The van der Waals surface area contributed by atoms with E-state index in [0.29, 0.717) is 6.42 Å². The molecule has 0 N–H and O–H groups in total. The molecule has 52 valence electrons. The van der Waals surface area contributed by atoms with Gasteiger partial charge in [-0.05, 0) is 6.42 Å². The van der Waals surface area contributed by atoms with Crippen LogP contribution in [-0.4, -0.2) is 12.8 Å². The summed E-state index contributed by atoms with van der Waals surface area (Å²) in [6.45, 7) is 3.67. The normalized spacial score (nSPS) is 16.2. The molecule has 0 aliphatic heterocycles. The molecule has 0 aliphatic carbocycles. The van der Waals surface area contributed by atoms with E-state index in [1.165, 1.54) is 0 Å². The second-order valence-corrected chi connectivity index (χ2v) is 2.41. The first-order chi connectivity index (χ1) is 4.18. The smallest absolute Gasteiger partial charge is 0.127 e. The molecule has 9 heavy (non-hydrogen) atoms. The quantitative estimate of drug-likeness (QED) is 0.425. The van der Waals surface area contributed by atoms with Crippen molar-refractivity contribution in [3.63, 3.8) is 0 Å². The average Bonchev–Trinajstić information content (AvgIpc) is 1.89. The van der Waals surface area contributed by atoms with E-state index in [-0.39, 0.29) is 6.54 Å². The standard InChI is InChI=1S/C6H11NO2/c1-3-6(2,5-8)4-7-9/h5H,3-4H2,1-2H3. The fourth-order valence-corrected chi connectivity index (χ4v) is 0.380. The maximum Gasteiger partial charge on any atom is 0.127 e. The number of nitroso groups, excluding NO2 is 1. The zero-order valence-corrected chi connectivity index (χ0v) is 5.76. The molecular formula is C6H11NO2. The third-order valence-corrected chi connectivity index (χ3v) is 1.52. The summed E-state index contributed by atoms with van der Waals surface area (Å²) in [5, 5.41) is 2.67. The number of nitrogens with zero attached hydrogens (tertiary/aromatic N) is 1. The van der Waals surface area contributed by atoms with Gasteiger partial charge in [-0.3, -0.25) is 0 Å². The number of aldehydes is 1. The van der Waals surface area contributed by atoms with Crippen molar-refractivity contribution in [2.24, 2.45) is 10.6 Å². The maximum atomic E-state index is 10.2. The molecule has 0 aromatic carbocycles. The molecule has 0 fully saturated rings. The molecule has 0 radical (unpaired) electrons. The van der Waals surface area contributed by atoms with Crippen LogP contribution in [0, 0.1) is 10.3 Å². The maximum absolute atomic E-state index is 10.2. The van der Waals surface area contributed by atoms with Crippen LogP contribution < -0.4 is 0 Å². The van der Waals surface area contributed by atoms with Crippen molar-refractivity contribution in [2.45, 2.75) is 20.3 Å². The molecule has 0 aliphatic rings. The Hall–Kier alpha value is -0.730. The highest BCUT2D eigenvalue weighted by molar-refractivity contribution is 5.58. The van der Waals surface area contributed by atoms with Crippen molar-refractivity contribution in [1.29, 1.82) is 0 Å². The Morgan fingerprint density at radius 1 is 1.67 bits per heavy atom. The molecule has 0 bridgehead atoms. The molecule has 1 unspecified atom stereocenters. The van der Waals surface area contributed by atoms with E-state index in [1.54, 1.807) is 6.92 Å². The van der Waals surface area contributed by atoms with Crippen LogP contribution in [0.4, 0.5) is 0 Å². The average molecular weight is 129 g/mol. The molecule has 0 saturated heterocycles. The Bertz CT molecular complexity index is 114. The predicted molar refractivity (Wildman–Crippen MR) is 35.1 cm³/mol. The van der Waals surface area contributed by atoms with Gasteiger partial charge in [0.05, 0.1) is 6.54 Å². The van der Waals surface area contributed by atoms with Crippen LogP contribution in [0.15, 0.2) is 5.18 Å². The molecule has 3 heteroatoms. The van der Waals surface area contributed by atoms with Crippen molar-refractivity contribution >= 4 is 6.29 Å². The van der Waals surface area contributed by atoms with Gasteiger partial charge in [0.1, 0.15) is 6.29 Å². The van der Waals surface area contributed by atoms with Crippen molar-refractivity contribution < 1.29 is 4.79 Å². The van der Waals surface area contributed by atoms with Crippen molar-refractivity contribution in [1.82, 2.24) is 0 Å². The topological polar surface area (TPSA) is 46.5 Å². The first-order valence-corrected chi connectivity index (χ1v) is 2.94. The van der Waals surface area contributed by atoms with Crippen LogP contribution in [0.1, 0.15) is 20.3 Å². The minimum absolute atomic E-state index is 0.0903. The monoisotopic (exact) mass is 129 g/mol. The summed E-state index contributed by atoms with van der Waals surface area (Å²) in [4.78, 5) is 20.0. The van der Waals surface area contributed by atoms with E-state index in [9.17, 15) is 9.70 Å². The van der Waals surface area contributed by atoms with Gasteiger partial charge in [0.15, 0.2) is 0 Å². The molecule has 3 nitrogen and oxygen atoms in total. The minimum Gasteiger partial charge on any atom is -0.303 e. The van der Waals surface area contributed by atoms with Gasteiger partial charge in [-0.1, -0.05) is 19.0 Å². The van der Waals surface area contributed by atoms with Crippen LogP contribution in [0.3, 0.4) is 0 Å². The summed E-state index contributed by atoms with van der Waals surface area (Å²) in [6, 6.07) is 0. The summed E-state index contributed by atoms with van der Waals surface area (Å²) in [6.07, 6.45) is 1.46. The first-order valence-electron chi connectivity index (χ1n) is 2.94. The van der Waals surface area contributed by atoms with Gasteiger partial charge in [-0.25, -0.2) is 0 Å². The van der Waals surface area contributed by atoms with E-state index < -0.39 is 5.41 Å². The van der Waals surface area contributed by atoms with Gasteiger partial charge in [-0.15, -0.1) is 0 Å². The van der Waals surface area contributed by atoms with E-state index in [4.69, 9.17) is 0 Å². The number of carbonyl (C=O) groups excluding carboxylic acids is 1. The van der Waals surface area contributed by atoms with Gasteiger partial charge >= 0.3 is 0 Å². The zero-order chi connectivity index (χ0) is 7.33. The van der Waals surface area contributed by atoms with E-state index in [0.717, 1.165) is 6.29 Å². The second-order valence-electron chi connectivity index (χ2n) is 2.41. The highest BCUT2D eigenvalue weighted by Crippen LogP contribution is 2.16. The zero-order valence-electron chi connectivity index (χ0n) is 5.76. The molecule has 1 atom stereocenters. The molecule has 0 saturated carbocycles. The van der Waals surface area contributed by atoms with Crippen LogP contribution in [0.2, 0.25) is 0 Å². The fourth-order valence-electron chi connectivity index (χ4n) is 0.380. The van der Waals surface area contributed by atoms with Crippen LogP contribution in [-0.2, 0) is 4.79 Å². The lowest BCUT2D eigenvalue weighted by Gasteiger charge is -2.14. The summed E-state index contributed by atoms with van der Waals surface area (Å²) < 4.78 is 0. The third-order valence-electron chi connectivity index (χ3n) is 1.52. The van der Waals surface area contributed by atoms with Crippen molar-refractivity contribution in [3.8, 4) is 0 Å². The summed E-state index contributed by atoms with van der Waals surface area (Å²) in [5.41, 5.74) is -0.526. The Balaban J connectivity index is 3.90. The minimum atomic E-state index is -0.526. The molecular weight excluding hydrogens is 118 g/mol. The first kappa shape index (κ1) is 8.27. The lowest BCUT2D eigenvalue weighted by Crippen LogP contribution is -2.20. The van der Waals surface area contributed by atoms with Gasteiger partial charge in [-0.2, -0.15) is 4.91 Å². The number of rotatable bonds is 4. The molecule has 0 spiro atoms. The Morgan fingerprint density at radius 3 is 2.33 bits per heavy atom. The summed E-state index contributed by atoms with van der Waals surface area (Å²) in [5.74, 6) is 0. The number of hydrogen-bond donors (Lipinski definition) is 0. The fraction of sp³-hybridized carbons (Fsp3) is 0.833. The van der Waals surface area contributed by atoms with E-state index in [2.05, 4.69) is 5.18 Å². The summed E-state index contributed by atoms with van der Waals surface area (Å²) >= 11 is 0. The van der Waals surface area contributed by atoms with Crippen molar-refractivity contribution in [3.05, 3.63) is 4.91 Å². The predicted octanol–water partition coefficient (Wildman–Crippen LogP) is 1.37. The van der Waals surface area contributed by atoms with Crippen LogP contribution in [0.25, 0.3) is 0 Å². The lowest BCUT2D eigenvalue weighted by atomic mass is 9.90. The Labute approximate surface area is 54.4 Å². The molecule has 0 aromatic rings. The molecule has 0 heterocycles. The van der Waals surface area contributed by atoms with Gasteiger partial charge < -0.3 is 4.79 Å². The SMILES string of the molecule is CCC(C)(C=O)CN=O. The molecule has 0 rings (SSSR count). The largest absolute Gasteiger partial charge is 0.303 e. The highest BCUT2D eigenvalue weighted by atomic mass is 16.3. The van der Waals surface area contributed by atoms with Crippen LogP contribution in [0.5, 0.6) is 0 Å². The van der Waals surface area contributed by atoms with Crippen LogP contribution >= 0.6 is 0 Å². The second kappa shape index (κ2) is 3.33. The Kier molecular flexibility index (Phi) is 3.06. The van der Waals surface area contributed by atoms with Crippen molar-refractivity contribution in [2.75, 3.05) is 6.54 Å². The number of hydrogen-bond acceptors (Lipinski definition) is 3. The van der Waals surface area contributed by atoms with Gasteiger partial charge in [0.2, 0.25) is 0 Å². The third kappa shape index (κ3) is 2.35. The van der Waals surface area contributed by atoms with Gasteiger partial charge in [0, 0.05) is 5.41 Å². The Morgan fingerprint density at radius 2 is 2.22 bits per heavy atom. The van der Waals surface area contributed by atoms with E-state index in [1.807, 2.05) is 6.92 Å². The highest BCUT2D eigenvalue weighted by Gasteiger charge is 2.20. The van der Waals surface area contributed by atoms with Gasteiger partial charge in [0.25, 0.3) is 0 Å². The number of carbonyl (C=O) groups is 1. The van der Waals surface area contributed by atoms with E-state index >= 15 is 0 Å². The molecule has 0 aromatic heterocycles. The molecule has 0 amide bonds. The summed E-state index contributed by atoms with van der Waals surface area (Å²) in [7, 11) is 0. The lowest BCUT2D eigenvalue weighted by molar-refractivity contribution is -0.115.